The number of ketones is 1. The van der Waals surface area contributed by atoms with Gasteiger partial charge in [0.1, 0.15) is 0 Å². The molecule has 1 aromatic carbocycles. The molecule has 82 valence electrons. The van der Waals surface area contributed by atoms with Crippen molar-refractivity contribution in [2.45, 2.75) is 6.92 Å². The van der Waals surface area contributed by atoms with Gasteiger partial charge in [-0.1, -0.05) is 12.1 Å². The number of carbonyl (C=O) groups is 2. The van der Waals surface area contributed by atoms with E-state index in [0.29, 0.717) is 10.0 Å². The van der Waals surface area contributed by atoms with E-state index < -0.39 is 0 Å². The lowest BCUT2D eigenvalue weighted by Gasteiger charge is -2.17. The number of fused-ring (bicyclic) bond motifs is 1. The van der Waals surface area contributed by atoms with Gasteiger partial charge >= 0.3 is 0 Å². The van der Waals surface area contributed by atoms with Crippen LogP contribution in [0.25, 0.3) is 6.08 Å². The fourth-order valence-corrected chi connectivity index (χ4v) is 2.13. The number of carbonyl (C=O) groups excluding carboxylic acids is 2. The van der Waals surface area contributed by atoms with Gasteiger partial charge in [-0.05, 0) is 28.1 Å². The first kappa shape index (κ1) is 11.1. The maximum absolute atomic E-state index is 11.7. The van der Waals surface area contributed by atoms with E-state index in [1.165, 1.54) is 11.8 Å². The van der Waals surface area contributed by atoms with Gasteiger partial charge in [0.25, 0.3) is 0 Å². The molecule has 0 atom stereocenters. The fraction of sp³-hybridized carbons (Fsp3) is 0.167. The highest BCUT2D eigenvalue weighted by molar-refractivity contribution is 9.12. The van der Waals surface area contributed by atoms with E-state index >= 15 is 0 Å². The normalized spacial score (nSPS) is 13.4. The number of benzene rings is 1. The van der Waals surface area contributed by atoms with Crippen molar-refractivity contribution in [2.24, 2.45) is 0 Å². The number of anilines is 1. The zero-order valence-corrected chi connectivity index (χ0v) is 10.5. The van der Waals surface area contributed by atoms with Crippen molar-refractivity contribution in [2.75, 3.05) is 11.9 Å². The van der Waals surface area contributed by atoms with Crippen LogP contribution in [0, 0.1) is 0 Å². The molecule has 1 aliphatic rings. The summed E-state index contributed by atoms with van der Waals surface area (Å²) in [6.45, 7) is 1.49. The van der Waals surface area contributed by atoms with Crippen molar-refractivity contribution < 1.29 is 9.59 Å². The first-order chi connectivity index (χ1) is 7.52. The van der Waals surface area contributed by atoms with E-state index in [-0.39, 0.29) is 11.7 Å². The summed E-state index contributed by atoms with van der Waals surface area (Å²) < 4.78 is 0.534. The number of hydrogen-bond acceptors (Lipinski definition) is 2. The van der Waals surface area contributed by atoms with Crippen LogP contribution in [0.3, 0.4) is 0 Å². The Balaban J connectivity index is 2.59. The van der Waals surface area contributed by atoms with E-state index in [1.54, 1.807) is 25.3 Å². The minimum absolute atomic E-state index is 0.0335. The lowest BCUT2D eigenvalue weighted by molar-refractivity contribution is -0.116. The summed E-state index contributed by atoms with van der Waals surface area (Å²) in [5.74, 6) is -0.0916. The summed E-state index contributed by atoms with van der Waals surface area (Å²) >= 11 is 3.21. The third-order valence-electron chi connectivity index (χ3n) is 2.65. The molecule has 0 saturated carbocycles. The highest BCUT2D eigenvalue weighted by atomic mass is 79.9. The van der Waals surface area contributed by atoms with Gasteiger partial charge in [-0.15, -0.1) is 0 Å². The molecule has 1 amide bonds. The Morgan fingerprint density at radius 1 is 1.38 bits per heavy atom. The molecular formula is C12H10BrNO2. The molecule has 0 aromatic heterocycles. The van der Waals surface area contributed by atoms with Crippen LogP contribution in [0.1, 0.15) is 22.8 Å². The van der Waals surface area contributed by atoms with Gasteiger partial charge < -0.3 is 4.90 Å². The fourth-order valence-electron chi connectivity index (χ4n) is 1.69. The average molecular weight is 280 g/mol. The summed E-state index contributed by atoms with van der Waals surface area (Å²) in [5, 5.41) is 0. The number of rotatable bonds is 1. The van der Waals surface area contributed by atoms with Crippen LogP contribution in [0.15, 0.2) is 22.7 Å². The molecule has 0 N–H and O–H groups in total. The third kappa shape index (κ3) is 1.59. The molecule has 1 aliphatic carbocycles. The second kappa shape index (κ2) is 3.87. The summed E-state index contributed by atoms with van der Waals surface area (Å²) in [4.78, 5) is 24.6. The van der Waals surface area contributed by atoms with Crippen molar-refractivity contribution in [3.05, 3.63) is 33.8 Å². The Morgan fingerprint density at radius 3 is 2.69 bits per heavy atom. The predicted octanol–water partition coefficient (Wildman–Crippen LogP) is 2.60. The molecule has 3 nitrogen and oxygen atoms in total. The molecule has 1 aromatic rings. The molecule has 4 heteroatoms. The van der Waals surface area contributed by atoms with Crippen LogP contribution >= 0.6 is 15.9 Å². The Labute approximate surface area is 102 Å². The quantitative estimate of drug-likeness (QED) is 0.793. The maximum Gasteiger partial charge on any atom is 0.223 e. The number of hydrogen-bond donors (Lipinski definition) is 0. The standard InChI is InChI=1S/C12H10BrNO2/c1-7(15)14(2)11-5-3-4-8-9(11)6-10(13)12(8)16/h3-6H,1-2H3. The van der Waals surface area contributed by atoms with E-state index in [9.17, 15) is 9.59 Å². The second-order valence-corrected chi connectivity index (χ2v) is 4.49. The van der Waals surface area contributed by atoms with Crippen molar-refractivity contribution in [3.63, 3.8) is 0 Å². The largest absolute Gasteiger partial charge is 0.315 e. The SMILES string of the molecule is CC(=O)N(C)c1cccc2c1C=C(Br)C2=O. The molecular weight excluding hydrogens is 270 g/mol. The number of amides is 1. The van der Waals surface area contributed by atoms with Gasteiger partial charge in [0.05, 0.1) is 10.2 Å². The molecule has 0 unspecified atom stereocenters. The van der Waals surface area contributed by atoms with Gasteiger partial charge in [0.15, 0.2) is 0 Å². The van der Waals surface area contributed by atoms with Crippen molar-refractivity contribution in [3.8, 4) is 0 Å². The zero-order chi connectivity index (χ0) is 11.9. The van der Waals surface area contributed by atoms with Gasteiger partial charge in [0.2, 0.25) is 11.7 Å². The average Bonchev–Trinajstić information content (AvgIpc) is 2.54. The van der Waals surface area contributed by atoms with Gasteiger partial charge in [-0.2, -0.15) is 0 Å². The topological polar surface area (TPSA) is 37.4 Å². The molecule has 16 heavy (non-hydrogen) atoms. The molecule has 0 aliphatic heterocycles. The Bertz CT molecular complexity index is 520. The molecule has 0 spiro atoms. The first-order valence-electron chi connectivity index (χ1n) is 4.81. The van der Waals surface area contributed by atoms with Crippen LogP contribution in [-0.4, -0.2) is 18.7 Å². The van der Waals surface area contributed by atoms with Gasteiger partial charge in [0, 0.05) is 25.1 Å². The van der Waals surface area contributed by atoms with Crippen LogP contribution in [0.2, 0.25) is 0 Å². The summed E-state index contributed by atoms with van der Waals surface area (Å²) in [6, 6.07) is 5.38. The van der Waals surface area contributed by atoms with Crippen LogP contribution in [-0.2, 0) is 4.79 Å². The van der Waals surface area contributed by atoms with E-state index in [1.807, 2.05) is 6.07 Å². The smallest absolute Gasteiger partial charge is 0.223 e. The summed E-state index contributed by atoms with van der Waals surface area (Å²) in [6.07, 6.45) is 1.76. The van der Waals surface area contributed by atoms with Crippen LogP contribution < -0.4 is 4.90 Å². The Morgan fingerprint density at radius 2 is 2.06 bits per heavy atom. The van der Waals surface area contributed by atoms with Crippen molar-refractivity contribution in [1.82, 2.24) is 0 Å². The minimum atomic E-state index is -0.0581. The van der Waals surface area contributed by atoms with Gasteiger partial charge in [-0.25, -0.2) is 0 Å². The lowest BCUT2D eigenvalue weighted by Crippen LogP contribution is -2.23. The lowest BCUT2D eigenvalue weighted by atomic mass is 10.1. The molecule has 2 rings (SSSR count). The third-order valence-corrected chi connectivity index (χ3v) is 3.24. The number of allylic oxidation sites excluding steroid dienone is 1. The Hall–Kier alpha value is -1.42. The van der Waals surface area contributed by atoms with Gasteiger partial charge in [-0.3, -0.25) is 9.59 Å². The number of halogens is 1. The molecule has 0 radical (unpaired) electrons. The van der Waals surface area contributed by atoms with Crippen molar-refractivity contribution in [1.29, 1.82) is 0 Å². The van der Waals surface area contributed by atoms with Crippen LogP contribution in [0.5, 0.6) is 0 Å². The summed E-state index contributed by atoms with van der Waals surface area (Å²) in [7, 11) is 1.70. The second-order valence-electron chi connectivity index (χ2n) is 3.64. The highest BCUT2D eigenvalue weighted by Gasteiger charge is 2.24. The van der Waals surface area contributed by atoms with E-state index in [0.717, 1.165) is 11.3 Å². The zero-order valence-electron chi connectivity index (χ0n) is 8.95. The van der Waals surface area contributed by atoms with E-state index in [4.69, 9.17) is 0 Å². The predicted molar refractivity (Wildman–Crippen MR) is 66.8 cm³/mol. The molecule has 0 fully saturated rings. The van der Waals surface area contributed by atoms with Crippen LogP contribution in [0.4, 0.5) is 5.69 Å². The first-order valence-corrected chi connectivity index (χ1v) is 5.61. The minimum Gasteiger partial charge on any atom is -0.315 e. The molecule has 0 saturated heterocycles. The monoisotopic (exact) mass is 279 g/mol. The Kier molecular flexibility index (Phi) is 2.68. The molecule has 0 heterocycles. The number of Topliss-reactive ketones (excluding diaryl/α,β-unsaturated/α-hetero) is 1. The van der Waals surface area contributed by atoms with E-state index in [2.05, 4.69) is 15.9 Å². The highest BCUT2D eigenvalue weighted by Crippen LogP contribution is 2.34. The van der Waals surface area contributed by atoms with Crippen molar-refractivity contribution >= 4 is 39.4 Å². The number of nitrogens with zero attached hydrogens (tertiary/aromatic N) is 1. The molecule has 0 bridgehead atoms. The summed E-state index contributed by atoms with van der Waals surface area (Å²) in [5.41, 5.74) is 2.20. The maximum atomic E-state index is 11.7.